The highest BCUT2D eigenvalue weighted by molar-refractivity contribution is 7.85. The van der Waals surface area contributed by atoms with Gasteiger partial charge in [-0.05, 0) is 150 Å². The van der Waals surface area contributed by atoms with Gasteiger partial charge >= 0.3 is 0 Å². The molecule has 55 heavy (non-hydrogen) atoms. The number of aromatic nitrogens is 2. The molecule has 8 heteroatoms. The van der Waals surface area contributed by atoms with Crippen LogP contribution in [0.15, 0.2) is 65.1 Å². The number of Topliss-reactive ketones (excluding diaryl/α,β-unsaturated/α-hetero) is 1. The summed E-state index contributed by atoms with van der Waals surface area (Å²) in [6, 6.07) is 19.7. The number of pyridine rings is 2. The molecule has 7 nitrogen and oxygen atoms in total. The maximum atomic E-state index is 12.3. The monoisotopic (exact) mass is 769 g/mol. The minimum Gasteiger partial charge on any atom is -0.490 e. The van der Waals surface area contributed by atoms with Gasteiger partial charge in [0, 0.05) is 17.7 Å². The first-order valence-corrected chi connectivity index (χ1v) is 21.0. The van der Waals surface area contributed by atoms with Crippen molar-refractivity contribution in [2.75, 3.05) is 0 Å². The lowest BCUT2D eigenvalue weighted by atomic mass is 9.72. The van der Waals surface area contributed by atoms with Crippen molar-refractivity contribution in [2.45, 2.75) is 152 Å². The number of ether oxygens (including phenoxy) is 2. The Kier molecular flexibility index (Phi) is 14.5. The van der Waals surface area contributed by atoms with Gasteiger partial charge in [0.05, 0.1) is 39.4 Å². The first-order valence-electron chi connectivity index (χ1n) is 19.9. The molecule has 0 amide bonds. The summed E-state index contributed by atoms with van der Waals surface area (Å²) in [4.78, 5) is 20.5. The minimum absolute atomic E-state index is 0. The Morgan fingerprint density at radius 2 is 1.02 bits per heavy atom. The minimum atomic E-state index is -1.29. The summed E-state index contributed by atoms with van der Waals surface area (Å²) in [5, 5.41) is 2.06. The summed E-state index contributed by atoms with van der Waals surface area (Å²) < 4.78 is 28.8. The fourth-order valence-electron chi connectivity index (χ4n) is 7.54. The Morgan fingerprint density at radius 1 is 0.618 bits per heavy atom. The van der Waals surface area contributed by atoms with Gasteiger partial charge in [-0.2, -0.15) is 4.40 Å². The zero-order valence-electron chi connectivity index (χ0n) is 34.6. The van der Waals surface area contributed by atoms with Crippen molar-refractivity contribution in [3.05, 3.63) is 72.1 Å². The molecule has 6 rings (SSSR count). The van der Waals surface area contributed by atoms with Crippen LogP contribution in [0.4, 0.5) is 0 Å². The molecule has 2 aromatic carbocycles. The van der Waals surface area contributed by atoms with E-state index in [0.717, 1.165) is 76.5 Å². The lowest BCUT2D eigenvalue weighted by Gasteiger charge is -2.37. The molecule has 2 aromatic heterocycles. The molecule has 0 radical (unpaired) electrons. The van der Waals surface area contributed by atoms with Crippen LogP contribution in [0.1, 0.15) is 151 Å². The molecule has 2 saturated carbocycles. The Balaban J connectivity index is 0.000000246. The summed E-state index contributed by atoms with van der Waals surface area (Å²) in [6.07, 6.45) is 10.1. The van der Waals surface area contributed by atoms with Gasteiger partial charge in [0.25, 0.3) is 0 Å². The second-order valence-electron chi connectivity index (χ2n) is 18.6. The van der Waals surface area contributed by atoms with Gasteiger partial charge in [-0.15, -0.1) is 0 Å². The predicted molar refractivity (Wildman–Crippen MR) is 232 cm³/mol. The fourth-order valence-corrected chi connectivity index (χ4v) is 8.15. The summed E-state index contributed by atoms with van der Waals surface area (Å²) in [7, 11) is -1.29. The normalized spacial score (nSPS) is 21.5. The molecular weight excluding hydrogens is 703 g/mol. The number of carbonyl (C=O) groups is 1. The van der Waals surface area contributed by atoms with Crippen LogP contribution >= 0.6 is 0 Å². The zero-order valence-corrected chi connectivity index (χ0v) is 35.4. The second-order valence-corrected chi connectivity index (χ2v) is 20.5. The summed E-state index contributed by atoms with van der Waals surface area (Å²) in [6.45, 7) is 23.2. The number of nitrogens with zero attached hydrogens (tertiary/aromatic N) is 3. The first-order chi connectivity index (χ1) is 25.3. The third kappa shape index (κ3) is 12.2. The number of rotatable bonds is 7. The second kappa shape index (κ2) is 18.1. The van der Waals surface area contributed by atoms with Crippen LogP contribution in [0.5, 0.6) is 11.5 Å². The van der Waals surface area contributed by atoms with E-state index in [1.807, 2.05) is 76.2 Å². The third-order valence-electron chi connectivity index (χ3n) is 11.2. The molecule has 0 saturated heterocycles. The van der Waals surface area contributed by atoms with Crippen LogP contribution in [-0.2, 0) is 11.0 Å². The summed E-state index contributed by atoms with van der Waals surface area (Å²) >= 11 is 0. The average molecular weight is 770 g/mol. The van der Waals surface area contributed by atoms with Crippen LogP contribution < -0.4 is 9.47 Å². The van der Waals surface area contributed by atoms with Gasteiger partial charge in [-0.3, -0.25) is 4.79 Å². The average Bonchev–Trinajstić information content (AvgIpc) is 3.10. The van der Waals surface area contributed by atoms with E-state index in [4.69, 9.17) is 14.5 Å². The number of benzene rings is 2. The smallest absolute Gasteiger partial charge is 0.178 e. The molecular formula is C47H67N3O4S. The molecule has 2 aliphatic rings. The molecule has 2 fully saturated rings. The maximum absolute atomic E-state index is 12.3. The highest BCUT2D eigenvalue weighted by atomic mass is 32.2. The lowest BCUT2D eigenvalue weighted by molar-refractivity contribution is 0.0881. The summed E-state index contributed by atoms with van der Waals surface area (Å²) in [5.41, 5.74) is 4.48. The summed E-state index contributed by atoms with van der Waals surface area (Å²) in [5.74, 6) is 3.39. The SMILES string of the molecule is C.CC(=NS(=O)C(C)(C)C)c1ccc2cc(OC3CCC(C(C)(C)C)CC3)ccc2n1.CC(=O)c1ccc2cc(OC3CCC(C(C)(C)C)CC3)ccc2n1. The zero-order chi connectivity index (χ0) is 39.4. The highest BCUT2D eigenvalue weighted by Gasteiger charge is 2.31. The highest BCUT2D eigenvalue weighted by Crippen LogP contribution is 2.40. The first kappa shape index (κ1) is 44.1. The molecule has 300 valence electrons. The van der Waals surface area contributed by atoms with E-state index in [9.17, 15) is 9.00 Å². The van der Waals surface area contributed by atoms with Crippen LogP contribution in [0.25, 0.3) is 21.8 Å². The maximum Gasteiger partial charge on any atom is 0.178 e. The van der Waals surface area contributed by atoms with Crippen molar-refractivity contribution in [1.29, 1.82) is 0 Å². The number of ketones is 1. The largest absolute Gasteiger partial charge is 0.490 e. The van der Waals surface area contributed by atoms with Gasteiger partial charge in [-0.1, -0.05) is 61.1 Å². The Bertz CT molecular complexity index is 1970. The van der Waals surface area contributed by atoms with E-state index in [0.29, 0.717) is 34.4 Å². The van der Waals surface area contributed by atoms with E-state index < -0.39 is 11.0 Å². The van der Waals surface area contributed by atoms with Gasteiger partial charge in [0.2, 0.25) is 0 Å². The Hall–Kier alpha value is -3.65. The van der Waals surface area contributed by atoms with Crippen LogP contribution in [0.2, 0.25) is 0 Å². The Morgan fingerprint density at radius 3 is 1.40 bits per heavy atom. The number of fused-ring (bicyclic) bond motifs is 2. The standard InChI is InChI=1S/C25H36N2O2S.C21H27NO2.CH4/c1-17(27-30(28)25(5,6)7)22-14-8-18-16-21(13-15-23(18)26-22)29-20-11-9-19(10-12-20)24(2,3)4;1-14(23)19-11-5-15-13-18(10-12-20(15)22-19)24-17-8-6-16(7-9-17)21(2,3)4;/h8,13-16,19-20H,9-12H2,1-7H3;5,10-13,16-17H,6-9H2,1-4H3;1H4. The number of carbonyl (C=O) groups excluding carboxylic acids is 1. The van der Waals surface area contributed by atoms with Gasteiger partial charge < -0.3 is 9.47 Å². The van der Waals surface area contributed by atoms with E-state index in [2.05, 4.69) is 57.0 Å². The predicted octanol–water partition coefficient (Wildman–Crippen LogP) is 12.5. The Labute approximate surface area is 334 Å². The molecule has 4 aromatic rings. The lowest BCUT2D eigenvalue weighted by Crippen LogP contribution is -2.30. The van der Waals surface area contributed by atoms with E-state index >= 15 is 0 Å². The van der Waals surface area contributed by atoms with E-state index in [-0.39, 0.29) is 18.0 Å². The quantitative estimate of drug-likeness (QED) is 0.137. The van der Waals surface area contributed by atoms with Gasteiger partial charge in [0.1, 0.15) is 28.2 Å². The molecule has 0 spiro atoms. The van der Waals surface area contributed by atoms with E-state index in [1.165, 1.54) is 25.7 Å². The molecule has 0 N–H and O–H groups in total. The molecule has 2 aliphatic carbocycles. The number of hydrogen-bond acceptors (Lipinski definition) is 6. The van der Waals surface area contributed by atoms with Crippen LogP contribution in [0, 0.1) is 22.7 Å². The van der Waals surface area contributed by atoms with Gasteiger partial charge in [0.15, 0.2) is 5.78 Å². The van der Waals surface area contributed by atoms with Crippen LogP contribution in [-0.4, -0.2) is 42.6 Å². The molecule has 0 bridgehead atoms. The van der Waals surface area contributed by atoms with Crippen LogP contribution in [0.3, 0.4) is 0 Å². The molecule has 1 unspecified atom stereocenters. The molecule has 1 atom stereocenters. The fraction of sp³-hybridized carbons (Fsp3) is 0.574. The molecule has 0 aliphatic heterocycles. The molecule has 2 heterocycles. The third-order valence-corrected chi connectivity index (χ3v) is 12.7. The topological polar surface area (TPSA) is 90.7 Å². The van der Waals surface area contributed by atoms with Gasteiger partial charge in [-0.25, -0.2) is 14.2 Å². The van der Waals surface area contributed by atoms with Crippen molar-refractivity contribution in [2.24, 2.45) is 27.1 Å². The van der Waals surface area contributed by atoms with E-state index in [1.54, 1.807) is 13.0 Å². The van der Waals surface area contributed by atoms with Crippen molar-refractivity contribution < 1.29 is 18.5 Å². The van der Waals surface area contributed by atoms with Crippen molar-refractivity contribution in [3.63, 3.8) is 0 Å². The van der Waals surface area contributed by atoms with Crippen molar-refractivity contribution in [1.82, 2.24) is 9.97 Å². The van der Waals surface area contributed by atoms with Crippen molar-refractivity contribution >= 4 is 44.3 Å². The van der Waals surface area contributed by atoms with Crippen molar-refractivity contribution in [3.8, 4) is 11.5 Å². The number of hydrogen-bond donors (Lipinski definition) is 0.